The number of nitrogens with one attached hydrogen (secondary N) is 2. The number of hydrogen-bond acceptors (Lipinski definition) is 7. The molecule has 4 rings (SSSR count). The molecule has 1 unspecified atom stereocenters. The minimum Gasteiger partial charge on any atom is -0.495 e. The van der Waals surface area contributed by atoms with E-state index in [1.807, 2.05) is 0 Å². The Morgan fingerprint density at radius 2 is 2.10 bits per heavy atom. The molecule has 31 heavy (non-hydrogen) atoms. The van der Waals surface area contributed by atoms with Crippen LogP contribution in [-0.4, -0.2) is 23.4 Å². The van der Waals surface area contributed by atoms with Crippen LogP contribution in [0.1, 0.15) is 5.76 Å². The molecular weight excluding hydrogens is 442 g/mol. The highest BCUT2D eigenvalue weighted by atomic mass is 35.5. The average molecular weight is 458 g/mol. The quantitative estimate of drug-likeness (QED) is 0.300. The van der Waals surface area contributed by atoms with Gasteiger partial charge in [0.1, 0.15) is 17.3 Å². The normalized spacial score (nSPS) is 16.9. The first-order valence-electron chi connectivity index (χ1n) is 9.07. The second kappa shape index (κ2) is 8.75. The fraction of sp³-hybridized carbons (Fsp3) is 0.0952. The summed E-state index contributed by atoms with van der Waals surface area (Å²) in [5.41, 5.74) is 0.789. The smallest absolute Gasteiger partial charge is 0.270 e. The number of hydrogen-bond donors (Lipinski definition) is 2. The van der Waals surface area contributed by atoms with Gasteiger partial charge < -0.3 is 19.8 Å². The van der Waals surface area contributed by atoms with Crippen molar-refractivity contribution < 1.29 is 18.9 Å². The lowest BCUT2D eigenvalue weighted by molar-refractivity contribution is -0.384. The van der Waals surface area contributed by atoms with Crippen LogP contribution in [0.5, 0.6) is 5.75 Å². The average Bonchev–Trinajstić information content (AvgIpc) is 3.35. The van der Waals surface area contributed by atoms with Gasteiger partial charge in [-0.25, -0.2) is 0 Å². The molecule has 0 aliphatic carbocycles. The first kappa shape index (κ1) is 20.8. The van der Waals surface area contributed by atoms with Crippen LogP contribution in [-0.2, 0) is 4.79 Å². The number of methoxy groups -OCH3 is 1. The van der Waals surface area contributed by atoms with Crippen molar-refractivity contribution in [3.05, 3.63) is 80.4 Å². The van der Waals surface area contributed by atoms with E-state index in [4.69, 9.17) is 20.8 Å². The van der Waals surface area contributed by atoms with E-state index in [0.29, 0.717) is 38.4 Å². The van der Waals surface area contributed by atoms with Crippen molar-refractivity contribution in [2.75, 3.05) is 12.4 Å². The Kier molecular flexibility index (Phi) is 5.88. The number of nitrogens with zero attached hydrogens (tertiary/aromatic N) is 1. The van der Waals surface area contributed by atoms with Gasteiger partial charge in [0.2, 0.25) is 0 Å². The number of nitro groups is 1. The summed E-state index contributed by atoms with van der Waals surface area (Å²) in [6.45, 7) is 0. The highest BCUT2D eigenvalue weighted by molar-refractivity contribution is 8.05. The summed E-state index contributed by atoms with van der Waals surface area (Å²) >= 11 is 7.34. The summed E-state index contributed by atoms with van der Waals surface area (Å²) in [4.78, 5) is 23.4. The molecule has 2 N–H and O–H groups in total. The van der Waals surface area contributed by atoms with Crippen LogP contribution in [0.4, 0.5) is 11.4 Å². The van der Waals surface area contributed by atoms with Gasteiger partial charge in [-0.2, -0.15) is 0 Å². The number of ether oxygens (including phenoxy) is 1. The topological polar surface area (TPSA) is 107 Å². The molecule has 8 nitrogen and oxygen atoms in total. The second-order valence-corrected chi connectivity index (χ2v) is 8.06. The molecule has 1 atom stereocenters. The number of halogens is 1. The summed E-state index contributed by atoms with van der Waals surface area (Å²) in [6, 6.07) is 14.7. The van der Waals surface area contributed by atoms with Crippen molar-refractivity contribution in [2.24, 2.45) is 0 Å². The van der Waals surface area contributed by atoms with Gasteiger partial charge in [-0.1, -0.05) is 35.5 Å². The minimum atomic E-state index is -0.461. The molecule has 0 saturated carbocycles. The molecule has 0 radical (unpaired) electrons. The maximum atomic E-state index is 12.4. The van der Waals surface area contributed by atoms with Crippen LogP contribution < -0.4 is 15.4 Å². The summed E-state index contributed by atoms with van der Waals surface area (Å²) in [5.74, 6) is 1.28. The molecular formula is C21H16ClN3O5S. The van der Waals surface area contributed by atoms with Crippen LogP contribution >= 0.6 is 23.4 Å². The number of anilines is 1. The van der Waals surface area contributed by atoms with Crippen molar-refractivity contribution in [3.8, 4) is 17.1 Å². The monoisotopic (exact) mass is 457 g/mol. The van der Waals surface area contributed by atoms with Crippen LogP contribution in [0.15, 0.2) is 63.9 Å². The number of carbonyl (C=O) groups excluding carboxylic acids is 1. The number of rotatable bonds is 6. The second-order valence-electron chi connectivity index (χ2n) is 6.48. The molecule has 0 spiro atoms. The van der Waals surface area contributed by atoms with E-state index >= 15 is 0 Å². The fourth-order valence-corrected chi connectivity index (χ4v) is 4.12. The van der Waals surface area contributed by atoms with Crippen molar-refractivity contribution in [1.82, 2.24) is 5.32 Å². The molecule has 1 aromatic heterocycles. The molecule has 10 heteroatoms. The number of carbonyl (C=O) groups is 1. The van der Waals surface area contributed by atoms with E-state index in [1.54, 1.807) is 55.7 Å². The highest BCUT2D eigenvalue weighted by Crippen LogP contribution is 2.35. The van der Waals surface area contributed by atoms with Gasteiger partial charge in [-0.15, -0.1) is 0 Å². The predicted octanol–water partition coefficient (Wildman–Crippen LogP) is 5.12. The number of amides is 1. The van der Waals surface area contributed by atoms with Gasteiger partial charge in [0.05, 0.1) is 22.6 Å². The van der Waals surface area contributed by atoms with Gasteiger partial charge in [-0.05, 0) is 30.3 Å². The van der Waals surface area contributed by atoms with E-state index in [1.165, 1.54) is 23.9 Å². The Bertz CT molecular complexity index is 1190. The first-order valence-corrected chi connectivity index (χ1v) is 10.3. The molecule has 1 saturated heterocycles. The Balaban J connectivity index is 1.50. The van der Waals surface area contributed by atoms with Crippen LogP contribution in [0.2, 0.25) is 5.02 Å². The summed E-state index contributed by atoms with van der Waals surface area (Å²) in [7, 11) is 1.55. The zero-order valence-corrected chi connectivity index (χ0v) is 17.7. The van der Waals surface area contributed by atoms with Crippen LogP contribution in [0.25, 0.3) is 17.4 Å². The third-order valence-electron chi connectivity index (χ3n) is 4.42. The largest absolute Gasteiger partial charge is 0.495 e. The molecule has 1 aliphatic rings. The van der Waals surface area contributed by atoms with Crippen LogP contribution in [0.3, 0.4) is 0 Å². The van der Waals surface area contributed by atoms with Gasteiger partial charge in [-0.3, -0.25) is 14.9 Å². The Morgan fingerprint density at radius 1 is 1.26 bits per heavy atom. The maximum Gasteiger partial charge on any atom is 0.270 e. The third-order valence-corrected chi connectivity index (χ3v) is 5.68. The SMILES string of the molecule is COc1ccc(Cl)cc1NC1NC(=O)/C(=C/c2ccc(-c3cccc([N+](=O)[O-])c3)o2)S1. The molecule has 1 fully saturated rings. The summed E-state index contributed by atoms with van der Waals surface area (Å²) in [5, 5.41) is 17.5. The van der Waals surface area contributed by atoms with Gasteiger partial charge in [0.25, 0.3) is 11.6 Å². The fourth-order valence-electron chi connectivity index (χ4n) is 2.99. The van der Waals surface area contributed by atoms with E-state index < -0.39 is 10.4 Å². The van der Waals surface area contributed by atoms with E-state index in [-0.39, 0.29) is 11.6 Å². The zero-order valence-electron chi connectivity index (χ0n) is 16.1. The molecule has 1 amide bonds. The highest BCUT2D eigenvalue weighted by Gasteiger charge is 2.28. The van der Waals surface area contributed by atoms with Gasteiger partial charge in [0, 0.05) is 28.8 Å². The Morgan fingerprint density at radius 3 is 2.87 bits per heavy atom. The molecule has 2 aromatic carbocycles. The Labute approximate surface area is 186 Å². The lowest BCUT2D eigenvalue weighted by atomic mass is 10.1. The summed E-state index contributed by atoms with van der Waals surface area (Å²) in [6.07, 6.45) is 1.62. The Hall–Kier alpha value is -3.43. The van der Waals surface area contributed by atoms with Crippen molar-refractivity contribution in [3.63, 3.8) is 0 Å². The zero-order chi connectivity index (χ0) is 22.0. The van der Waals surface area contributed by atoms with Gasteiger partial charge in [0.15, 0.2) is 5.50 Å². The standard InChI is InChI=1S/C21H16ClN3O5S/c1-29-18-7-5-13(22)10-16(18)23-21-24-20(26)19(31-21)11-15-6-8-17(30-15)12-3-2-4-14(9-12)25(27)28/h2-11,21,23H,1H3,(H,24,26)/b19-11-. The lowest BCUT2D eigenvalue weighted by Crippen LogP contribution is -2.31. The molecule has 0 bridgehead atoms. The number of nitro benzene ring substituents is 1. The number of thioether (sulfide) groups is 1. The van der Waals surface area contributed by atoms with Crippen molar-refractivity contribution >= 4 is 46.7 Å². The van der Waals surface area contributed by atoms with Crippen LogP contribution in [0, 0.1) is 10.1 Å². The van der Waals surface area contributed by atoms with E-state index in [9.17, 15) is 14.9 Å². The molecule has 158 valence electrons. The minimum absolute atomic E-state index is 0.0232. The first-order chi connectivity index (χ1) is 14.9. The van der Waals surface area contributed by atoms with Crippen molar-refractivity contribution in [2.45, 2.75) is 5.50 Å². The lowest BCUT2D eigenvalue weighted by Gasteiger charge is -2.15. The summed E-state index contributed by atoms with van der Waals surface area (Å²) < 4.78 is 11.1. The number of benzene rings is 2. The molecule has 2 heterocycles. The number of furan rings is 1. The molecule has 3 aromatic rings. The van der Waals surface area contributed by atoms with Crippen molar-refractivity contribution in [1.29, 1.82) is 0 Å². The molecule has 1 aliphatic heterocycles. The third kappa shape index (κ3) is 4.68. The maximum absolute atomic E-state index is 12.4. The van der Waals surface area contributed by atoms with Gasteiger partial charge >= 0.3 is 0 Å². The number of non-ortho nitro benzene ring substituents is 1. The predicted molar refractivity (Wildman–Crippen MR) is 120 cm³/mol. The van der Waals surface area contributed by atoms with E-state index in [2.05, 4.69) is 10.6 Å². The van der Waals surface area contributed by atoms with E-state index in [0.717, 1.165) is 0 Å².